The average molecular weight is 494 g/mol. The Kier molecular flexibility index (Phi) is 7.83. The molecule has 7 nitrogen and oxygen atoms in total. The Morgan fingerprint density at radius 1 is 1.11 bits per heavy atom. The van der Waals surface area contributed by atoms with Gasteiger partial charge in [-0.25, -0.2) is 8.42 Å². The van der Waals surface area contributed by atoms with Crippen molar-refractivity contribution < 1.29 is 17.7 Å². The van der Waals surface area contributed by atoms with Crippen LogP contribution in [0.25, 0.3) is 12.2 Å². The fourth-order valence-electron chi connectivity index (χ4n) is 4.27. The van der Waals surface area contributed by atoms with Crippen LogP contribution in [0, 0.1) is 19.8 Å². The van der Waals surface area contributed by atoms with E-state index in [2.05, 4.69) is 10.5 Å². The number of hydrogen-bond acceptors (Lipinski definition) is 5. The van der Waals surface area contributed by atoms with E-state index in [9.17, 15) is 13.2 Å². The molecule has 35 heavy (non-hydrogen) atoms. The first kappa shape index (κ1) is 24.9. The minimum atomic E-state index is -3.88. The monoisotopic (exact) mass is 493 g/mol. The number of carbonyl (C=O) groups excluding carboxylic acids is 1. The standard InChI is InChI=1S/C27H31N3O4S/c1-20-10-12-23(13-11-20)14-15-25-26(21(2)29-34-25)35(32,33)30-18-6-9-24(19-30)27(31)28-17-16-22-7-4-3-5-8-22/h3-5,7-8,10-15,24H,6,9,16-19H2,1-2H3,(H,28,31). The Morgan fingerprint density at radius 2 is 1.86 bits per heavy atom. The van der Waals surface area contributed by atoms with Crippen molar-refractivity contribution in [2.24, 2.45) is 5.92 Å². The number of aryl methyl sites for hydroxylation is 2. The van der Waals surface area contributed by atoms with Gasteiger partial charge < -0.3 is 9.84 Å². The molecule has 1 aromatic heterocycles. The zero-order chi connectivity index (χ0) is 24.8. The Bertz CT molecular complexity index is 1280. The maximum absolute atomic E-state index is 13.6. The van der Waals surface area contributed by atoms with E-state index in [-0.39, 0.29) is 29.0 Å². The fourth-order valence-corrected chi connectivity index (χ4v) is 6.05. The van der Waals surface area contributed by atoms with Gasteiger partial charge in [-0.15, -0.1) is 0 Å². The van der Waals surface area contributed by atoms with Crippen molar-refractivity contribution >= 4 is 28.1 Å². The molecule has 1 aliphatic heterocycles. The van der Waals surface area contributed by atoms with Crippen molar-refractivity contribution in [3.05, 3.63) is 82.7 Å². The predicted octanol–water partition coefficient (Wildman–Crippen LogP) is 4.22. The number of rotatable bonds is 8. The molecule has 1 fully saturated rings. The molecule has 1 aliphatic rings. The van der Waals surface area contributed by atoms with Gasteiger partial charge in [-0.2, -0.15) is 4.31 Å². The lowest BCUT2D eigenvalue weighted by molar-refractivity contribution is -0.126. The minimum Gasteiger partial charge on any atom is -0.355 e. The zero-order valence-corrected chi connectivity index (χ0v) is 20.9. The van der Waals surface area contributed by atoms with Crippen LogP contribution in [-0.4, -0.2) is 43.4 Å². The van der Waals surface area contributed by atoms with Gasteiger partial charge in [-0.1, -0.05) is 71.4 Å². The van der Waals surface area contributed by atoms with Gasteiger partial charge in [0, 0.05) is 19.6 Å². The van der Waals surface area contributed by atoms with Gasteiger partial charge in [0.05, 0.1) is 5.92 Å². The van der Waals surface area contributed by atoms with Gasteiger partial charge in [0.25, 0.3) is 0 Å². The van der Waals surface area contributed by atoms with Crippen LogP contribution in [0.3, 0.4) is 0 Å². The molecule has 0 saturated carbocycles. The van der Waals surface area contributed by atoms with Crippen molar-refractivity contribution in [1.82, 2.24) is 14.8 Å². The highest BCUT2D eigenvalue weighted by molar-refractivity contribution is 7.89. The highest BCUT2D eigenvalue weighted by Crippen LogP contribution is 2.29. The number of nitrogens with one attached hydrogen (secondary N) is 1. The van der Waals surface area contributed by atoms with Crippen LogP contribution in [0.15, 0.2) is 64.0 Å². The van der Waals surface area contributed by atoms with E-state index in [4.69, 9.17) is 4.52 Å². The van der Waals surface area contributed by atoms with Gasteiger partial charge in [0.1, 0.15) is 5.69 Å². The lowest BCUT2D eigenvalue weighted by atomic mass is 9.99. The summed E-state index contributed by atoms with van der Waals surface area (Å²) in [5.41, 5.74) is 3.53. The summed E-state index contributed by atoms with van der Waals surface area (Å²) >= 11 is 0. The normalized spacial score (nSPS) is 17.0. The van der Waals surface area contributed by atoms with E-state index < -0.39 is 10.0 Å². The van der Waals surface area contributed by atoms with Gasteiger partial charge >= 0.3 is 0 Å². The Morgan fingerprint density at radius 3 is 2.60 bits per heavy atom. The maximum Gasteiger partial charge on any atom is 0.248 e. The highest BCUT2D eigenvalue weighted by Gasteiger charge is 2.36. The maximum atomic E-state index is 13.6. The molecule has 1 unspecified atom stereocenters. The van der Waals surface area contributed by atoms with Crippen LogP contribution < -0.4 is 5.32 Å². The van der Waals surface area contributed by atoms with Crippen molar-refractivity contribution in [2.75, 3.05) is 19.6 Å². The molecule has 2 aromatic carbocycles. The molecule has 1 atom stereocenters. The lowest BCUT2D eigenvalue weighted by Crippen LogP contribution is -2.45. The number of amides is 1. The van der Waals surface area contributed by atoms with Crippen LogP contribution in [0.1, 0.15) is 41.0 Å². The topological polar surface area (TPSA) is 92.5 Å². The second kappa shape index (κ2) is 11.0. The van der Waals surface area contributed by atoms with Gasteiger partial charge in [0.15, 0.2) is 10.7 Å². The summed E-state index contributed by atoms with van der Waals surface area (Å²) < 4.78 is 33.9. The quantitative estimate of drug-likeness (QED) is 0.507. The summed E-state index contributed by atoms with van der Waals surface area (Å²) in [6, 6.07) is 17.8. The summed E-state index contributed by atoms with van der Waals surface area (Å²) in [5.74, 6) is -0.305. The van der Waals surface area contributed by atoms with E-state index in [1.807, 2.05) is 61.5 Å². The summed E-state index contributed by atoms with van der Waals surface area (Å²) in [5, 5.41) is 6.89. The summed E-state index contributed by atoms with van der Waals surface area (Å²) in [6.45, 7) is 4.66. The first-order chi connectivity index (χ1) is 16.8. The van der Waals surface area contributed by atoms with Crippen molar-refractivity contribution in [1.29, 1.82) is 0 Å². The van der Waals surface area contributed by atoms with Crippen LogP contribution in [0.4, 0.5) is 0 Å². The lowest BCUT2D eigenvalue weighted by Gasteiger charge is -2.31. The number of aromatic nitrogens is 1. The van der Waals surface area contributed by atoms with Crippen LogP contribution in [0.2, 0.25) is 0 Å². The molecule has 2 heterocycles. The molecule has 1 amide bonds. The zero-order valence-electron chi connectivity index (χ0n) is 20.1. The molecule has 0 radical (unpaired) electrons. The molecule has 184 valence electrons. The number of benzene rings is 2. The number of piperidine rings is 1. The van der Waals surface area contributed by atoms with E-state index in [0.29, 0.717) is 31.6 Å². The number of carbonyl (C=O) groups is 1. The molecular formula is C27H31N3O4S. The second-order valence-electron chi connectivity index (χ2n) is 8.93. The molecule has 8 heteroatoms. The minimum absolute atomic E-state index is 0.0611. The summed E-state index contributed by atoms with van der Waals surface area (Å²) in [4.78, 5) is 12.9. The number of hydrogen-bond donors (Lipinski definition) is 1. The van der Waals surface area contributed by atoms with E-state index in [0.717, 1.165) is 23.1 Å². The van der Waals surface area contributed by atoms with Crippen LogP contribution in [0.5, 0.6) is 0 Å². The molecule has 3 aromatic rings. The van der Waals surface area contributed by atoms with Crippen molar-refractivity contribution in [2.45, 2.75) is 38.0 Å². The molecule has 0 bridgehead atoms. The fraction of sp³-hybridized carbons (Fsp3) is 0.333. The first-order valence-electron chi connectivity index (χ1n) is 11.9. The Hall–Kier alpha value is -3.23. The van der Waals surface area contributed by atoms with Gasteiger partial charge in [-0.3, -0.25) is 4.79 Å². The van der Waals surface area contributed by atoms with Crippen LogP contribution >= 0.6 is 0 Å². The molecule has 1 N–H and O–H groups in total. The average Bonchev–Trinajstić information content (AvgIpc) is 3.25. The summed E-state index contributed by atoms with van der Waals surface area (Å²) in [7, 11) is -3.88. The highest BCUT2D eigenvalue weighted by atomic mass is 32.2. The molecule has 0 spiro atoms. The smallest absolute Gasteiger partial charge is 0.248 e. The largest absolute Gasteiger partial charge is 0.355 e. The molecule has 1 saturated heterocycles. The number of nitrogens with zero attached hydrogens (tertiary/aromatic N) is 2. The van der Waals surface area contributed by atoms with E-state index >= 15 is 0 Å². The Balaban J connectivity index is 1.44. The predicted molar refractivity (Wildman–Crippen MR) is 136 cm³/mol. The SMILES string of the molecule is Cc1ccc(C=Cc2onc(C)c2S(=O)(=O)N2CCCC(C(=O)NCCc3ccccc3)C2)cc1. The third kappa shape index (κ3) is 6.07. The molecule has 4 rings (SSSR count). The van der Waals surface area contributed by atoms with Crippen LogP contribution in [-0.2, 0) is 21.2 Å². The Labute approximate surface area is 206 Å². The van der Waals surface area contributed by atoms with E-state index in [1.54, 1.807) is 19.1 Å². The third-order valence-electron chi connectivity index (χ3n) is 6.25. The first-order valence-corrected chi connectivity index (χ1v) is 13.3. The second-order valence-corrected chi connectivity index (χ2v) is 10.8. The van der Waals surface area contributed by atoms with E-state index in [1.165, 1.54) is 4.31 Å². The third-order valence-corrected chi connectivity index (χ3v) is 8.27. The number of sulfonamides is 1. The molecule has 0 aliphatic carbocycles. The molecular weight excluding hydrogens is 462 g/mol. The van der Waals surface area contributed by atoms with Crippen molar-refractivity contribution in [3.63, 3.8) is 0 Å². The van der Waals surface area contributed by atoms with Gasteiger partial charge in [-0.05, 0) is 50.3 Å². The van der Waals surface area contributed by atoms with Gasteiger partial charge in [0.2, 0.25) is 15.9 Å². The summed E-state index contributed by atoms with van der Waals surface area (Å²) in [6.07, 6.45) is 5.45. The van der Waals surface area contributed by atoms with Crippen molar-refractivity contribution in [3.8, 4) is 0 Å².